The third-order valence-corrected chi connectivity index (χ3v) is 10.8. The molecule has 7 heteroatoms. The topological polar surface area (TPSA) is 56.1 Å². The molecule has 0 fully saturated rings. The first-order chi connectivity index (χ1) is 22.1. The van der Waals surface area contributed by atoms with E-state index in [2.05, 4.69) is 124 Å². The Morgan fingerprint density at radius 1 is 0.723 bits per heavy atom. The van der Waals surface area contributed by atoms with Crippen molar-refractivity contribution >= 4 is 41.7 Å². The van der Waals surface area contributed by atoms with Gasteiger partial charge in [0, 0.05) is 37.1 Å². The molecule has 0 spiro atoms. The molecule has 1 heterocycles. The molecule has 0 bridgehead atoms. The molecule has 47 heavy (non-hydrogen) atoms. The largest absolute Gasteiger partial charge is 2.00 e. The van der Waals surface area contributed by atoms with Crippen LogP contribution in [0.5, 0.6) is 0 Å². The van der Waals surface area contributed by atoms with E-state index < -0.39 is 13.9 Å². The van der Waals surface area contributed by atoms with Crippen LogP contribution in [0, 0.1) is 20.5 Å². The second-order valence-electron chi connectivity index (χ2n) is 11.9. The van der Waals surface area contributed by atoms with Crippen molar-refractivity contribution in [3.63, 3.8) is 0 Å². The van der Waals surface area contributed by atoms with Gasteiger partial charge in [-0.25, -0.2) is 0 Å². The monoisotopic (exact) mass is 734 g/mol. The number of nitrogens with zero attached hydrogens (tertiary/aromatic N) is 3. The van der Waals surface area contributed by atoms with Crippen LogP contribution in [0.25, 0.3) is 0 Å². The SMILES string of the molecule is CC(=O)O.[CH2-]c1ccccc1[PH+](c1ccccc1C)C(C)(C)C.[Pd+2].c1ccc(C2=NN(c3ccccc3)[CH-]N2c2ccccc2)cc1. The number of aliphatic carboxylic acids is 1. The average molecular weight is 735 g/mol. The number of hydrogen-bond acceptors (Lipinski definition) is 4. The van der Waals surface area contributed by atoms with Crippen molar-refractivity contribution in [2.75, 3.05) is 9.91 Å². The molecule has 1 aliphatic rings. The molecule has 5 aromatic rings. The van der Waals surface area contributed by atoms with Crippen molar-refractivity contribution in [1.29, 1.82) is 0 Å². The number of amidine groups is 1. The van der Waals surface area contributed by atoms with Crippen molar-refractivity contribution in [1.82, 2.24) is 0 Å². The van der Waals surface area contributed by atoms with E-state index in [9.17, 15) is 0 Å². The second kappa shape index (κ2) is 17.6. The summed E-state index contributed by atoms with van der Waals surface area (Å²) in [6.07, 6.45) is 0. The predicted octanol–water partition coefficient (Wildman–Crippen LogP) is 8.72. The molecule has 5 nitrogen and oxygen atoms in total. The smallest absolute Gasteiger partial charge is 0.481 e. The van der Waals surface area contributed by atoms with E-state index in [1.165, 1.54) is 21.7 Å². The first-order valence-corrected chi connectivity index (χ1v) is 16.8. The van der Waals surface area contributed by atoms with E-state index in [0.29, 0.717) is 0 Å². The number of para-hydroxylation sites is 2. The number of carbonyl (C=O) groups is 1. The number of carboxylic acid groups (broad SMARTS) is 1. The van der Waals surface area contributed by atoms with Crippen LogP contribution in [0.15, 0.2) is 145 Å². The van der Waals surface area contributed by atoms with Gasteiger partial charge < -0.3 is 15.0 Å². The zero-order chi connectivity index (χ0) is 33.1. The summed E-state index contributed by atoms with van der Waals surface area (Å²) >= 11 is 0. The molecule has 0 radical (unpaired) electrons. The van der Waals surface area contributed by atoms with Gasteiger partial charge in [-0.05, 0) is 63.6 Å². The molecule has 0 saturated carbocycles. The van der Waals surface area contributed by atoms with Gasteiger partial charge in [-0.2, -0.15) is 23.7 Å². The number of anilines is 2. The molecular weight excluding hydrogens is 692 g/mol. The van der Waals surface area contributed by atoms with Gasteiger partial charge in [-0.1, -0.05) is 97.1 Å². The fraction of sp³-hybridized carbons (Fsp3) is 0.150. The summed E-state index contributed by atoms with van der Waals surface area (Å²) in [5.74, 6) is 0.0839. The number of hydrazone groups is 1. The normalized spacial score (nSPS) is 12.7. The molecule has 0 aromatic heterocycles. The minimum Gasteiger partial charge on any atom is -0.481 e. The third-order valence-electron chi connectivity index (χ3n) is 7.19. The van der Waals surface area contributed by atoms with Gasteiger partial charge in [-0.3, -0.25) is 4.79 Å². The van der Waals surface area contributed by atoms with Gasteiger partial charge in [0.15, 0.2) is 0 Å². The van der Waals surface area contributed by atoms with E-state index in [0.717, 1.165) is 29.7 Å². The zero-order valence-electron chi connectivity index (χ0n) is 27.6. The Hall–Kier alpha value is -4.20. The summed E-state index contributed by atoms with van der Waals surface area (Å²) < 4.78 is 0. The second-order valence-corrected chi connectivity index (χ2v) is 15.2. The van der Waals surface area contributed by atoms with Gasteiger partial charge in [0.25, 0.3) is 5.97 Å². The van der Waals surface area contributed by atoms with Crippen LogP contribution in [0.2, 0.25) is 0 Å². The molecule has 244 valence electrons. The van der Waals surface area contributed by atoms with Gasteiger partial charge in [0.2, 0.25) is 0 Å². The molecule has 0 amide bonds. The minimum absolute atomic E-state index is 0. The zero-order valence-corrected chi connectivity index (χ0v) is 30.1. The van der Waals surface area contributed by atoms with Crippen molar-refractivity contribution in [3.8, 4) is 0 Å². The van der Waals surface area contributed by atoms with Crippen molar-refractivity contribution in [2.24, 2.45) is 5.10 Å². The Balaban J connectivity index is 0.000000229. The van der Waals surface area contributed by atoms with Crippen LogP contribution < -0.4 is 20.5 Å². The van der Waals surface area contributed by atoms with Crippen LogP contribution in [0.1, 0.15) is 44.4 Å². The van der Waals surface area contributed by atoms with Gasteiger partial charge in [0.05, 0.1) is 10.5 Å². The number of rotatable bonds is 5. The van der Waals surface area contributed by atoms with Crippen LogP contribution in [0.3, 0.4) is 0 Å². The molecule has 0 aliphatic carbocycles. The summed E-state index contributed by atoms with van der Waals surface area (Å²) in [6.45, 7) is 16.6. The van der Waals surface area contributed by atoms with Crippen molar-refractivity contribution in [3.05, 3.63) is 170 Å². The summed E-state index contributed by atoms with van der Waals surface area (Å²) in [6, 6.07) is 48.1. The summed E-state index contributed by atoms with van der Waals surface area (Å²) in [7, 11) is -0.838. The number of aryl methyl sites for hydroxylation is 1. The number of benzene rings is 5. The quantitative estimate of drug-likeness (QED) is 0.112. The summed E-state index contributed by atoms with van der Waals surface area (Å²) in [5, 5.41) is 17.4. The minimum atomic E-state index is -0.838. The maximum atomic E-state index is 9.00. The van der Waals surface area contributed by atoms with Gasteiger partial charge >= 0.3 is 20.4 Å². The van der Waals surface area contributed by atoms with Crippen LogP contribution >= 0.6 is 7.92 Å². The van der Waals surface area contributed by atoms with E-state index in [4.69, 9.17) is 15.0 Å². The Labute approximate surface area is 295 Å². The van der Waals surface area contributed by atoms with Crippen molar-refractivity contribution < 1.29 is 30.3 Å². The summed E-state index contributed by atoms with van der Waals surface area (Å²) in [5.41, 5.74) is 5.79. The fourth-order valence-electron chi connectivity index (χ4n) is 5.18. The molecular formula is C40H43N3O2PPd+. The molecule has 1 atom stereocenters. The fourth-order valence-corrected chi connectivity index (χ4v) is 8.49. The molecule has 1 aliphatic heterocycles. The molecule has 5 aromatic carbocycles. The molecule has 1 N–H and O–H groups in total. The van der Waals surface area contributed by atoms with Crippen LogP contribution in [-0.2, 0) is 25.2 Å². The number of hydrogen-bond donors (Lipinski definition) is 1. The molecule has 0 saturated heterocycles. The maximum absolute atomic E-state index is 9.00. The van der Waals surface area contributed by atoms with Crippen molar-refractivity contribution in [2.45, 2.75) is 39.8 Å². The first kappa shape index (κ1) is 37.3. The Morgan fingerprint density at radius 3 is 1.68 bits per heavy atom. The first-order valence-electron chi connectivity index (χ1n) is 15.3. The predicted molar refractivity (Wildman–Crippen MR) is 198 cm³/mol. The Bertz CT molecular complexity index is 1680. The third kappa shape index (κ3) is 10.4. The van der Waals surface area contributed by atoms with E-state index >= 15 is 0 Å². The summed E-state index contributed by atoms with van der Waals surface area (Å²) in [4.78, 5) is 11.1. The molecule has 1 unspecified atom stereocenters. The Kier molecular flexibility index (Phi) is 14.0. The standard InChI is InChI=1S/C20H16N3.C18H22P.C2H4O2.Pd/c1-4-10-17(11-5-1)20-21-23(19-14-8-3-9-15-19)16-22(20)18-12-6-2-7-13-18;1-14-10-6-8-12-16(14)19(18(3,4)5)17-13-9-7-11-15(17)2;1-2(3)4;/h1-16H;6-13H,1H2,2-5H3;1H3,(H,3,4);/q2*-1;;+2/p+1. The maximum Gasteiger partial charge on any atom is 2.00 e. The average Bonchev–Trinajstić information content (AvgIpc) is 3.50. The van der Waals surface area contributed by atoms with E-state index in [-0.39, 0.29) is 25.6 Å². The van der Waals surface area contributed by atoms with Gasteiger partial charge in [0.1, 0.15) is 5.84 Å². The Morgan fingerprint density at radius 2 is 1.17 bits per heavy atom. The van der Waals surface area contributed by atoms with E-state index in [1.54, 1.807) is 0 Å². The van der Waals surface area contributed by atoms with E-state index in [1.807, 2.05) is 66.3 Å². The van der Waals surface area contributed by atoms with Gasteiger partial charge in [-0.15, -0.1) is 12.7 Å². The number of carboxylic acids is 1. The van der Waals surface area contributed by atoms with Crippen LogP contribution in [-0.4, -0.2) is 22.1 Å². The molecule has 6 rings (SSSR count). The van der Waals surface area contributed by atoms with Crippen LogP contribution in [0.4, 0.5) is 11.4 Å².